The molecule has 0 amide bonds. The first-order valence-electron chi connectivity index (χ1n) is 8.69. The van der Waals surface area contributed by atoms with Gasteiger partial charge in [-0.1, -0.05) is 30.3 Å². The van der Waals surface area contributed by atoms with Crippen LogP contribution in [0.25, 0.3) is 0 Å². The molecule has 3 nitrogen and oxygen atoms in total. The van der Waals surface area contributed by atoms with Gasteiger partial charge >= 0.3 is 0 Å². The molecular weight excluding hydrogens is 282 g/mol. The molecule has 1 spiro atoms. The molecule has 3 heteroatoms. The van der Waals surface area contributed by atoms with Crippen molar-refractivity contribution >= 4 is 0 Å². The molecule has 1 aromatic heterocycles. The molecule has 0 N–H and O–H groups in total. The highest BCUT2D eigenvalue weighted by molar-refractivity contribution is 5.16. The molecule has 2 aliphatic rings. The average molecular weight is 307 g/mol. The number of hydrogen-bond acceptors (Lipinski definition) is 3. The number of aromatic nitrogens is 1. The summed E-state index contributed by atoms with van der Waals surface area (Å²) in [7, 11) is 0. The van der Waals surface area contributed by atoms with Crippen molar-refractivity contribution in [2.24, 2.45) is 5.41 Å². The standard InChI is InChI=1S/C20H25N3/c1-2-4-18(5-3-1)15-23-16-20(17-23)8-12-22(13-9-20)14-19-6-10-21-11-7-19/h1-7,10-11H,8-9,12-17H2. The van der Waals surface area contributed by atoms with Crippen molar-refractivity contribution in [3.8, 4) is 0 Å². The predicted octanol–water partition coefficient (Wildman–Crippen LogP) is 3.18. The van der Waals surface area contributed by atoms with Crippen molar-refractivity contribution in [3.05, 3.63) is 66.0 Å². The Morgan fingerprint density at radius 3 is 2.09 bits per heavy atom. The van der Waals surface area contributed by atoms with Crippen molar-refractivity contribution in [1.29, 1.82) is 0 Å². The van der Waals surface area contributed by atoms with Gasteiger partial charge in [0.25, 0.3) is 0 Å². The Balaban J connectivity index is 1.25. The lowest BCUT2D eigenvalue weighted by Crippen LogP contribution is -2.59. The van der Waals surface area contributed by atoms with Crippen LogP contribution in [0.2, 0.25) is 0 Å². The van der Waals surface area contributed by atoms with E-state index in [4.69, 9.17) is 0 Å². The topological polar surface area (TPSA) is 19.4 Å². The number of hydrogen-bond donors (Lipinski definition) is 0. The lowest BCUT2D eigenvalue weighted by atomic mass is 9.72. The molecule has 120 valence electrons. The predicted molar refractivity (Wildman–Crippen MR) is 92.9 cm³/mol. The van der Waals surface area contributed by atoms with Gasteiger partial charge in [0.05, 0.1) is 0 Å². The Morgan fingerprint density at radius 1 is 0.783 bits per heavy atom. The van der Waals surface area contributed by atoms with Crippen molar-refractivity contribution in [1.82, 2.24) is 14.8 Å². The Kier molecular flexibility index (Phi) is 4.15. The third kappa shape index (κ3) is 3.46. The second-order valence-electron chi connectivity index (χ2n) is 7.26. The minimum Gasteiger partial charge on any atom is -0.299 e. The summed E-state index contributed by atoms with van der Waals surface area (Å²) in [6.45, 7) is 7.23. The third-order valence-electron chi connectivity index (χ3n) is 5.44. The molecule has 2 saturated heterocycles. The highest BCUT2D eigenvalue weighted by atomic mass is 15.2. The number of likely N-dealkylation sites (tertiary alicyclic amines) is 2. The van der Waals surface area contributed by atoms with E-state index < -0.39 is 0 Å². The summed E-state index contributed by atoms with van der Waals surface area (Å²) in [6.07, 6.45) is 6.50. The maximum Gasteiger partial charge on any atom is 0.0271 e. The fraction of sp³-hybridized carbons (Fsp3) is 0.450. The van der Waals surface area contributed by atoms with Gasteiger partial charge in [-0.25, -0.2) is 0 Å². The van der Waals surface area contributed by atoms with Gasteiger partial charge in [-0.15, -0.1) is 0 Å². The van der Waals surface area contributed by atoms with Crippen LogP contribution in [-0.4, -0.2) is 41.0 Å². The van der Waals surface area contributed by atoms with E-state index in [0.29, 0.717) is 5.41 Å². The summed E-state index contributed by atoms with van der Waals surface area (Å²) >= 11 is 0. The van der Waals surface area contributed by atoms with E-state index >= 15 is 0 Å². The molecule has 0 unspecified atom stereocenters. The van der Waals surface area contributed by atoms with E-state index in [2.05, 4.69) is 57.2 Å². The zero-order chi connectivity index (χ0) is 15.5. The average Bonchev–Trinajstić information content (AvgIpc) is 2.57. The Morgan fingerprint density at radius 2 is 1.39 bits per heavy atom. The monoisotopic (exact) mass is 307 g/mol. The lowest BCUT2D eigenvalue weighted by Gasteiger charge is -2.54. The fourth-order valence-electron chi connectivity index (χ4n) is 4.10. The van der Waals surface area contributed by atoms with Crippen LogP contribution in [0.15, 0.2) is 54.9 Å². The summed E-state index contributed by atoms with van der Waals surface area (Å²) in [6, 6.07) is 15.1. The summed E-state index contributed by atoms with van der Waals surface area (Å²) in [5.74, 6) is 0. The van der Waals surface area contributed by atoms with E-state index in [9.17, 15) is 0 Å². The second kappa shape index (κ2) is 6.42. The van der Waals surface area contributed by atoms with Crippen LogP contribution < -0.4 is 0 Å². The van der Waals surface area contributed by atoms with Crippen molar-refractivity contribution in [2.75, 3.05) is 26.2 Å². The normalized spacial score (nSPS) is 21.2. The van der Waals surface area contributed by atoms with Gasteiger partial charge in [0.15, 0.2) is 0 Å². The molecule has 1 aromatic carbocycles. The molecule has 2 aliphatic heterocycles. The van der Waals surface area contributed by atoms with Crippen LogP contribution in [0.1, 0.15) is 24.0 Å². The van der Waals surface area contributed by atoms with Gasteiger partial charge in [-0.05, 0) is 54.6 Å². The molecular formula is C20H25N3. The van der Waals surface area contributed by atoms with Gasteiger partial charge in [0, 0.05) is 38.6 Å². The van der Waals surface area contributed by atoms with Crippen LogP contribution in [0.3, 0.4) is 0 Å². The number of benzene rings is 1. The lowest BCUT2D eigenvalue weighted by molar-refractivity contribution is -0.0523. The molecule has 4 rings (SSSR count). The van der Waals surface area contributed by atoms with Gasteiger partial charge in [0.1, 0.15) is 0 Å². The first-order valence-corrected chi connectivity index (χ1v) is 8.69. The Labute approximate surface area is 139 Å². The molecule has 23 heavy (non-hydrogen) atoms. The number of nitrogens with zero attached hydrogens (tertiary/aromatic N) is 3. The smallest absolute Gasteiger partial charge is 0.0271 e. The van der Waals surface area contributed by atoms with Crippen molar-refractivity contribution in [3.63, 3.8) is 0 Å². The molecule has 0 radical (unpaired) electrons. The minimum absolute atomic E-state index is 0.601. The number of rotatable bonds is 4. The third-order valence-corrected chi connectivity index (χ3v) is 5.44. The number of piperidine rings is 1. The molecule has 3 heterocycles. The molecule has 0 aliphatic carbocycles. The largest absolute Gasteiger partial charge is 0.299 e. The first kappa shape index (κ1) is 14.9. The minimum atomic E-state index is 0.601. The van der Waals surface area contributed by atoms with Crippen LogP contribution in [0.5, 0.6) is 0 Å². The van der Waals surface area contributed by atoms with E-state index in [1.807, 2.05) is 12.4 Å². The second-order valence-corrected chi connectivity index (χ2v) is 7.26. The molecule has 0 atom stereocenters. The fourth-order valence-corrected chi connectivity index (χ4v) is 4.10. The van der Waals surface area contributed by atoms with Gasteiger partial charge in [-0.2, -0.15) is 0 Å². The molecule has 0 bridgehead atoms. The van der Waals surface area contributed by atoms with Gasteiger partial charge in [0.2, 0.25) is 0 Å². The van der Waals surface area contributed by atoms with Crippen LogP contribution in [0, 0.1) is 5.41 Å². The number of pyridine rings is 1. The molecule has 2 aromatic rings. The van der Waals surface area contributed by atoms with E-state index in [0.717, 1.165) is 13.1 Å². The summed E-state index contributed by atoms with van der Waals surface area (Å²) < 4.78 is 0. The van der Waals surface area contributed by atoms with E-state index in [-0.39, 0.29) is 0 Å². The van der Waals surface area contributed by atoms with Crippen molar-refractivity contribution < 1.29 is 0 Å². The maximum absolute atomic E-state index is 4.10. The zero-order valence-corrected chi connectivity index (χ0v) is 13.7. The summed E-state index contributed by atoms with van der Waals surface area (Å²) in [5, 5.41) is 0. The summed E-state index contributed by atoms with van der Waals surface area (Å²) in [5.41, 5.74) is 3.43. The molecule has 2 fully saturated rings. The van der Waals surface area contributed by atoms with E-state index in [1.165, 1.54) is 50.1 Å². The quantitative estimate of drug-likeness (QED) is 0.865. The Hall–Kier alpha value is -1.71. The van der Waals surface area contributed by atoms with Crippen LogP contribution in [0.4, 0.5) is 0 Å². The first-order chi connectivity index (χ1) is 11.3. The maximum atomic E-state index is 4.10. The molecule has 0 saturated carbocycles. The SMILES string of the molecule is c1ccc(CN2CC3(CCN(Cc4ccncc4)CC3)C2)cc1. The van der Waals surface area contributed by atoms with Crippen molar-refractivity contribution in [2.45, 2.75) is 25.9 Å². The highest BCUT2D eigenvalue weighted by Gasteiger charge is 2.44. The van der Waals surface area contributed by atoms with E-state index in [1.54, 1.807) is 0 Å². The van der Waals surface area contributed by atoms with Gasteiger partial charge < -0.3 is 0 Å². The zero-order valence-electron chi connectivity index (χ0n) is 13.7. The summed E-state index contributed by atoms with van der Waals surface area (Å²) in [4.78, 5) is 9.31. The van der Waals surface area contributed by atoms with Gasteiger partial charge in [-0.3, -0.25) is 14.8 Å². The van der Waals surface area contributed by atoms with Crippen LogP contribution in [-0.2, 0) is 13.1 Å². The highest BCUT2D eigenvalue weighted by Crippen LogP contribution is 2.41. The Bertz CT molecular complexity index is 610. The van der Waals surface area contributed by atoms with Crippen LogP contribution >= 0.6 is 0 Å².